The molecule has 0 aromatic carbocycles. The van der Waals surface area contributed by atoms with Crippen molar-refractivity contribution >= 4 is 11.8 Å². The number of hydrogen-bond acceptors (Lipinski definition) is 3. The van der Waals surface area contributed by atoms with Crippen LogP contribution in [0.5, 0.6) is 0 Å². The largest absolute Gasteiger partial charge is 0.469 e. The van der Waals surface area contributed by atoms with Gasteiger partial charge in [0.25, 0.3) is 0 Å². The van der Waals surface area contributed by atoms with Crippen LogP contribution >= 0.6 is 0 Å². The lowest BCUT2D eigenvalue weighted by molar-refractivity contribution is -0.140. The Balaban J connectivity index is 1.91. The summed E-state index contributed by atoms with van der Waals surface area (Å²) in [6, 6.07) is 1.82. The molecule has 1 aliphatic rings. The van der Waals surface area contributed by atoms with Gasteiger partial charge in [-0.15, -0.1) is 0 Å². The number of esters is 1. The van der Waals surface area contributed by atoms with Crippen LogP contribution in [-0.2, 0) is 16.1 Å². The summed E-state index contributed by atoms with van der Waals surface area (Å²) in [7, 11) is 1.38. The van der Waals surface area contributed by atoms with Gasteiger partial charge in [0.2, 0.25) is 0 Å². The number of methoxy groups -OCH3 is 1. The third-order valence-electron chi connectivity index (χ3n) is 2.78. The van der Waals surface area contributed by atoms with E-state index < -0.39 is 0 Å². The Bertz CT molecular complexity index is 404. The smallest absolute Gasteiger partial charge is 0.307 e. The summed E-state index contributed by atoms with van der Waals surface area (Å²) >= 11 is 0. The Morgan fingerprint density at radius 2 is 2.25 bits per heavy atom. The van der Waals surface area contributed by atoms with Gasteiger partial charge in [0, 0.05) is 30.4 Å². The van der Waals surface area contributed by atoms with Gasteiger partial charge in [-0.2, -0.15) is 0 Å². The van der Waals surface area contributed by atoms with Crippen LogP contribution in [0.3, 0.4) is 0 Å². The third kappa shape index (κ3) is 2.51. The van der Waals surface area contributed by atoms with Crippen LogP contribution < -0.4 is 0 Å². The number of carbonyl (C=O) groups is 2. The molecule has 0 bridgehead atoms. The Kier molecular flexibility index (Phi) is 3.08. The first-order valence-corrected chi connectivity index (χ1v) is 5.47. The molecule has 4 heteroatoms. The van der Waals surface area contributed by atoms with Crippen molar-refractivity contribution in [2.24, 2.45) is 5.92 Å². The normalized spacial score (nSPS) is 14.8. The quantitative estimate of drug-likeness (QED) is 0.561. The van der Waals surface area contributed by atoms with Gasteiger partial charge in [-0.05, 0) is 18.9 Å². The zero-order valence-corrected chi connectivity index (χ0v) is 9.31. The van der Waals surface area contributed by atoms with Crippen molar-refractivity contribution in [3.63, 3.8) is 0 Å². The van der Waals surface area contributed by atoms with Crippen LogP contribution in [0.4, 0.5) is 0 Å². The summed E-state index contributed by atoms with van der Waals surface area (Å²) < 4.78 is 6.41. The molecule has 1 aliphatic carbocycles. The Morgan fingerprint density at radius 3 is 2.88 bits per heavy atom. The number of aromatic nitrogens is 1. The maximum atomic E-state index is 11.7. The molecule has 16 heavy (non-hydrogen) atoms. The zero-order chi connectivity index (χ0) is 11.5. The van der Waals surface area contributed by atoms with Gasteiger partial charge in [0.15, 0.2) is 5.78 Å². The average molecular weight is 221 g/mol. The molecule has 0 atom stereocenters. The number of nitrogens with zero attached hydrogens (tertiary/aromatic N) is 1. The van der Waals surface area contributed by atoms with E-state index in [-0.39, 0.29) is 17.7 Å². The van der Waals surface area contributed by atoms with Gasteiger partial charge < -0.3 is 9.30 Å². The molecule has 0 amide bonds. The fourth-order valence-electron chi connectivity index (χ4n) is 1.63. The van der Waals surface area contributed by atoms with Gasteiger partial charge in [-0.25, -0.2) is 0 Å². The van der Waals surface area contributed by atoms with Crippen molar-refractivity contribution in [3.05, 3.63) is 24.0 Å². The molecular weight excluding hydrogens is 206 g/mol. The van der Waals surface area contributed by atoms with Gasteiger partial charge in [-0.3, -0.25) is 9.59 Å². The minimum absolute atomic E-state index is 0.233. The molecule has 0 radical (unpaired) electrons. The first kappa shape index (κ1) is 10.9. The van der Waals surface area contributed by atoms with E-state index >= 15 is 0 Å². The SMILES string of the molecule is COC(=O)CCn1ccc(C(=O)C2CC2)c1. The number of rotatable bonds is 5. The van der Waals surface area contributed by atoms with Crippen molar-refractivity contribution in [2.45, 2.75) is 25.8 Å². The van der Waals surface area contributed by atoms with E-state index in [0.717, 1.165) is 18.4 Å². The van der Waals surface area contributed by atoms with Crippen molar-refractivity contribution in [1.82, 2.24) is 4.57 Å². The molecule has 4 nitrogen and oxygen atoms in total. The fraction of sp³-hybridized carbons (Fsp3) is 0.500. The highest BCUT2D eigenvalue weighted by Gasteiger charge is 2.30. The minimum atomic E-state index is -0.233. The van der Waals surface area contributed by atoms with Crippen LogP contribution in [-0.4, -0.2) is 23.4 Å². The second-order valence-electron chi connectivity index (χ2n) is 4.10. The summed E-state index contributed by atoms with van der Waals surface area (Å²) in [4.78, 5) is 22.7. The molecular formula is C12H15NO3. The van der Waals surface area contributed by atoms with Crippen molar-refractivity contribution < 1.29 is 14.3 Å². The summed E-state index contributed by atoms with van der Waals surface area (Å²) in [6.45, 7) is 0.560. The second kappa shape index (κ2) is 4.51. The summed E-state index contributed by atoms with van der Waals surface area (Å²) in [5, 5.41) is 0. The molecule has 1 fully saturated rings. The number of carbonyl (C=O) groups excluding carboxylic acids is 2. The maximum absolute atomic E-state index is 11.7. The highest BCUT2D eigenvalue weighted by Crippen LogP contribution is 2.32. The number of Topliss-reactive ketones (excluding diaryl/α,β-unsaturated/α-hetero) is 1. The zero-order valence-electron chi connectivity index (χ0n) is 9.31. The van der Waals surface area contributed by atoms with E-state index in [1.165, 1.54) is 7.11 Å². The molecule has 1 aromatic rings. The van der Waals surface area contributed by atoms with Gasteiger partial charge in [0.1, 0.15) is 0 Å². The Hall–Kier alpha value is -1.58. The molecule has 1 aromatic heterocycles. The van der Waals surface area contributed by atoms with Crippen LogP contribution in [0.15, 0.2) is 18.5 Å². The number of ketones is 1. The van der Waals surface area contributed by atoms with E-state index in [2.05, 4.69) is 4.74 Å². The predicted octanol–water partition coefficient (Wildman–Crippen LogP) is 1.64. The molecule has 86 valence electrons. The highest BCUT2D eigenvalue weighted by atomic mass is 16.5. The fourth-order valence-corrected chi connectivity index (χ4v) is 1.63. The topological polar surface area (TPSA) is 48.3 Å². The van der Waals surface area contributed by atoms with E-state index in [1.54, 1.807) is 0 Å². The van der Waals surface area contributed by atoms with Crippen LogP contribution in [0.25, 0.3) is 0 Å². The lowest BCUT2D eigenvalue weighted by atomic mass is 10.1. The summed E-state index contributed by atoms with van der Waals surface area (Å²) in [6.07, 6.45) is 6.02. The Morgan fingerprint density at radius 1 is 1.50 bits per heavy atom. The predicted molar refractivity (Wildman–Crippen MR) is 58.1 cm³/mol. The molecule has 0 N–H and O–H groups in total. The lowest BCUT2D eigenvalue weighted by Gasteiger charge is -2.00. The van der Waals surface area contributed by atoms with Crippen LogP contribution in [0, 0.1) is 5.92 Å². The maximum Gasteiger partial charge on any atom is 0.307 e. The molecule has 0 aliphatic heterocycles. The van der Waals surface area contributed by atoms with E-state index in [1.807, 2.05) is 23.0 Å². The van der Waals surface area contributed by atoms with E-state index in [9.17, 15) is 9.59 Å². The number of ether oxygens (including phenoxy) is 1. The molecule has 0 saturated heterocycles. The van der Waals surface area contributed by atoms with Gasteiger partial charge in [-0.1, -0.05) is 0 Å². The summed E-state index contributed by atoms with van der Waals surface area (Å²) in [5.74, 6) is 0.247. The second-order valence-corrected chi connectivity index (χ2v) is 4.10. The molecule has 1 saturated carbocycles. The van der Waals surface area contributed by atoms with Crippen LogP contribution in [0.2, 0.25) is 0 Å². The standard InChI is InChI=1S/C12H15NO3/c1-16-11(14)5-7-13-6-4-10(8-13)12(15)9-2-3-9/h4,6,8-9H,2-3,5,7H2,1H3. The number of hydrogen-bond donors (Lipinski definition) is 0. The van der Waals surface area contributed by atoms with Gasteiger partial charge in [0.05, 0.1) is 13.5 Å². The van der Waals surface area contributed by atoms with Gasteiger partial charge >= 0.3 is 5.97 Å². The van der Waals surface area contributed by atoms with E-state index in [0.29, 0.717) is 13.0 Å². The Labute approximate surface area is 94.2 Å². The summed E-state index contributed by atoms with van der Waals surface area (Å²) in [5.41, 5.74) is 0.757. The molecule has 1 heterocycles. The first-order chi connectivity index (χ1) is 7.70. The number of aryl methyl sites for hydroxylation is 1. The monoisotopic (exact) mass is 221 g/mol. The van der Waals surface area contributed by atoms with Crippen molar-refractivity contribution in [3.8, 4) is 0 Å². The van der Waals surface area contributed by atoms with Crippen molar-refractivity contribution in [2.75, 3.05) is 7.11 Å². The average Bonchev–Trinajstić information content (AvgIpc) is 3.04. The first-order valence-electron chi connectivity index (χ1n) is 5.47. The molecule has 2 rings (SSSR count). The minimum Gasteiger partial charge on any atom is -0.469 e. The van der Waals surface area contributed by atoms with Crippen LogP contribution in [0.1, 0.15) is 29.6 Å². The van der Waals surface area contributed by atoms with Crippen molar-refractivity contribution in [1.29, 1.82) is 0 Å². The molecule has 0 spiro atoms. The highest BCUT2D eigenvalue weighted by molar-refractivity contribution is 5.99. The third-order valence-corrected chi connectivity index (χ3v) is 2.78. The van der Waals surface area contributed by atoms with E-state index in [4.69, 9.17) is 0 Å². The lowest BCUT2D eigenvalue weighted by Crippen LogP contribution is -2.06. The molecule has 0 unspecified atom stereocenters.